The monoisotopic (exact) mass is 509 g/mol. The van der Waals surface area contributed by atoms with E-state index in [4.69, 9.17) is 17.2 Å². The van der Waals surface area contributed by atoms with Gasteiger partial charge in [0.25, 0.3) is 0 Å². The van der Waals surface area contributed by atoms with Crippen molar-refractivity contribution in [3.8, 4) is 5.75 Å². The lowest BCUT2D eigenvalue weighted by molar-refractivity contribution is -0.143. The summed E-state index contributed by atoms with van der Waals surface area (Å²) in [5, 5.41) is 36.2. The third-order valence-electron chi connectivity index (χ3n) is 5.05. The Morgan fingerprint density at radius 3 is 2.03 bits per heavy atom. The lowest BCUT2D eigenvalue weighted by Crippen LogP contribution is -2.59. The normalized spacial score (nSPS) is 14.9. The summed E-state index contributed by atoms with van der Waals surface area (Å²) in [6.07, 6.45) is -1.12. The van der Waals surface area contributed by atoms with Crippen LogP contribution in [0.15, 0.2) is 29.3 Å². The highest BCUT2D eigenvalue weighted by molar-refractivity contribution is 5.94. The van der Waals surface area contributed by atoms with Crippen molar-refractivity contribution in [2.24, 2.45) is 22.2 Å². The first kappa shape index (κ1) is 30.1. The molecule has 1 rings (SSSR count). The first-order chi connectivity index (χ1) is 16.8. The molecular weight excluding hydrogens is 474 g/mol. The molecular formula is C22H35N7O7. The number of nitrogens with one attached hydrogen (secondary N) is 3. The average Bonchev–Trinajstić information content (AvgIpc) is 2.79. The van der Waals surface area contributed by atoms with Crippen molar-refractivity contribution in [3.05, 3.63) is 29.8 Å². The van der Waals surface area contributed by atoms with Gasteiger partial charge in [0, 0.05) is 13.0 Å². The molecule has 0 saturated heterocycles. The molecule has 200 valence electrons. The molecule has 0 heterocycles. The van der Waals surface area contributed by atoms with Gasteiger partial charge in [0.1, 0.15) is 23.9 Å². The molecule has 36 heavy (non-hydrogen) atoms. The van der Waals surface area contributed by atoms with Crippen LogP contribution in [0.2, 0.25) is 0 Å². The number of nitrogens with zero attached hydrogens (tertiary/aromatic N) is 1. The van der Waals surface area contributed by atoms with Crippen molar-refractivity contribution in [3.63, 3.8) is 0 Å². The minimum atomic E-state index is -1.52. The van der Waals surface area contributed by atoms with Crippen LogP contribution < -0.4 is 33.2 Å². The maximum Gasteiger partial charge on any atom is 0.326 e. The van der Waals surface area contributed by atoms with Gasteiger partial charge in [-0.3, -0.25) is 19.4 Å². The predicted octanol–water partition coefficient (Wildman–Crippen LogP) is -2.74. The van der Waals surface area contributed by atoms with Gasteiger partial charge >= 0.3 is 5.97 Å². The van der Waals surface area contributed by atoms with Gasteiger partial charge in [-0.1, -0.05) is 12.1 Å². The standard InChI is InChI=1S/C22H35N7O7/c1-11(23)18(32)27-15(4-3-9-26-22(24)25)19(33)29-17(12(2)30)20(34)28-16(21(35)36)10-13-5-7-14(31)8-6-13/h5-8,11-12,15-17,30-31H,3-4,9-10,23H2,1-2H3,(H,27,32)(H,28,34)(H,29,33)(H,35,36)(H4,24,25,26). The van der Waals surface area contributed by atoms with Crippen LogP contribution in [0.5, 0.6) is 5.75 Å². The Labute approximate surface area is 208 Å². The maximum atomic E-state index is 12.9. The molecule has 0 aliphatic rings. The summed E-state index contributed by atoms with van der Waals surface area (Å²) in [5.41, 5.74) is 16.6. The molecule has 0 aromatic heterocycles. The van der Waals surface area contributed by atoms with E-state index in [-0.39, 0.29) is 31.1 Å². The van der Waals surface area contributed by atoms with Crippen molar-refractivity contribution in [2.75, 3.05) is 6.54 Å². The maximum absolute atomic E-state index is 12.9. The van der Waals surface area contributed by atoms with Gasteiger partial charge in [-0.2, -0.15) is 0 Å². The summed E-state index contributed by atoms with van der Waals surface area (Å²) >= 11 is 0. The zero-order valence-corrected chi connectivity index (χ0v) is 20.2. The molecule has 12 N–H and O–H groups in total. The van der Waals surface area contributed by atoms with E-state index in [1.807, 2.05) is 0 Å². The number of phenolic OH excluding ortho intramolecular Hbond substituents is 1. The van der Waals surface area contributed by atoms with E-state index in [2.05, 4.69) is 20.9 Å². The molecule has 14 nitrogen and oxygen atoms in total. The summed E-state index contributed by atoms with van der Waals surface area (Å²) in [4.78, 5) is 53.3. The van der Waals surface area contributed by atoms with Crippen LogP contribution in [0.25, 0.3) is 0 Å². The predicted molar refractivity (Wildman–Crippen MR) is 130 cm³/mol. The Hall–Kier alpha value is -3.91. The second kappa shape index (κ2) is 14.5. The first-order valence-corrected chi connectivity index (χ1v) is 11.2. The van der Waals surface area contributed by atoms with Crippen LogP contribution in [0.3, 0.4) is 0 Å². The Bertz CT molecular complexity index is 931. The number of carbonyl (C=O) groups is 4. The number of hydrogen-bond donors (Lipinski definition) is 9. The molecule has 0 saturated carbocycles. The lowest BCUT2D eigenvalue weighted by atomic mass is 10.0. The van der Waals surface area contributed by atoms with E-state index >= 15 is 0 Å². The smallest absolute Gasteiger partial charge is 0.326 e. The summed E-state index contributed by atoms with van der Waals surface area (Å²) in [5.74, 6) is -3.83. The molecule has 0 spiro atoms. The Kier molecular flexibility index (Phi) is 12.1. The van der Waals surface area contributed by atoms with Gasteiger partial charge < -0.3 is 48.5 Å². The molecule has 0 aliphatic carbocycles. The minimum absolute atomic E-state index is 0.00415. The molecule has 5 unspecified atom stereocenters. The summed E-state index contributed by atoms with van der Waals surface area (Å²) in [6, 6.07) is 0.806. The molecule has 0 aliphatic heterocycles. The summed E-state index contributed by atoms with van der Waals surface area (Å²) in [7, 11) is 0. The minimum Gasteiger partial charge on any atom is -0.508 e. The van der Waals surface area contributed by atoms with Crippen molar-refractivity contribution >= 4 is 29.7 Å². The van der Waals surface area contributed by atoms with Gasteiger partial charge in [0.2, 0.25) is 17.7 Å². The van der Waals surface area contributed by atoms with E-state index in [1.54, 1.807) is 0 Å². The Balaban J connectivity index is 2.96. The van der Waals surface area contributed by atoms with Gasteiger partial charge in [-0.05, 0) is 44.4 Å². The number of hydrogen-bond acceptors (Lipinski definition) is 8. The number of benzene rings is 1. The number of carboxylic acid groups (broad SMARTS) is 1. The van der Waals surface area contributed by atoms with Crippen LogP contribution in [-0.2, 0) is 25.6 Å². The van der Waals surface area contributed by atoms with Crippen LogP contribution in [-0.4, -0.2) is 81.8 Å². The topological polar surface area (TPSA) is 255 Å². The Morgan fingerprint density at radius 1 is 0.944 bits per heavy atom. The quantitative estimate of drug-likeness (QED) is 0.0709. The van der Waals surface area contributed by atoms with Crippen LogP contribution in [0, 0.1) is 0 Å². The number of rotatable bonds is 14. The van der Waals surface area contributed by atoms with E-state index < -0.39 is 54.0 Å². The number of amides is 3. The van der Waals surface area contributed by atoms with E-state index in [0.717, 1.165) is 0 Å². The number of carbonyl (C=O) groups excluding carboxylic acids is 3. The number of phenols is 1. The fourth-order valence-electron chi connectivity index (χ4n) is 3.06. The number of aliphatic hydroxyl groups excluding tert-OH is 1. The summed E-state index contributed by atoms with van der Waals surface area (Å²) in [6.45, 7) is 2.85. The summed E-state index contributed by atoms with van der Waals surface area (Å²) < 4.78 is 0. The molecule has 1 aromatic carbocycles. The van der Waals surface area contributed by atoms with Gasteiger partial charge in [0.05, 0.1) is 12.1 Å². The van der Waals surface area contributed by atoms with Crippen LogP contribution in [0.4, 0.5) is 0 Å². The van der Waals surface area contributed by atoms with Crippen molar-refractivity contribution in [1.82, 2.24) is 16.0 Å². The number of aliphatic carboxylic acids is 1. The first-order valence-electron chi connectivity index (χ1n) is 11.2. The number of aromatic hydroxyl groups is 1. The SMILES string of the molecule is CC(N)C(=O)NC(CCCN=C(N)N)C(=O)NC(C(=O)NC(Cc1ccc(O)cc1)C(=O)O)C(C)O. The third-order valence-corrected chi connectivity index (χ3v) is 5.05. The second-order valence-corrected chi connectivity index (χ2v) is 8.30. The number of carboxylic acids is 1. The van der Waals surface area contributed by atoms with Crippen LogP contribution >= 0.6 is 0 Å². The lowest BCUT2D eigenvalue weighted by Gasteiger charge is -2.26. The zero-order valence-electron chi connectivity index (χ0n) is 20.2. The van der Waals surface area contributed by atoms with Crippen molar-refractivity contribution < 1.29 is 34.5 Å². The molecule has 0 bridgehead atoms. The molecule has 1 aromatic rings. The van der Waals surface area contributed by atoms with E-state index in [1.165, 1.54) is 38.1 Å². The molecule has 0 radical (unpaired) electrons. The molecule has 3 amide bonds. The largest absolute Gasteiger partial charge is 0.508 e. The van der Waals surface area contributed by atoms with E-state index in [0.29, 0.717) is 12.0 Å². The van der Waals surface area contributed by atoms with Gasteiger partial charge in [0.15, 0.2) is 5.96 Å². The van der Waals surface area contributed by atoms with Crippen molar-refractivity contribution in [1.29, 1.82) is 0 Å². The number of aliphatic hydroxyl groups is 1. The molecule has 14 heteroatoms. The third kappa shape index (κ3) is 10.6. The highest BCUT2D eigenvalue weighted by Crippen LogP contribution is 2.12. The van der Waals surface area contributed by atoms with Crippen LogP contribution in [0.1, 0.15) is 32.3 Å². The van der Waals surface area contributed by atoms with E-state index in [9.17, 15) is 34.5 Å². The van der Waals surface area contributed by atoms with Crippen molar-refractivity contribution in [2.45, 2.75) is 63.4 Å². The fraction of sp³-hybridized carbons (Fsp3) is 0.500. The Morgan fingerprint density at radius 2 is 1.53 bits per heavy atom. The van der Waals surface area contributed by atoms with Gasteiger partial charge in [-0.15, -0.1) is 0 Å². The highest BCUT2D eigenvalue weighted by atomic mass is 16.4. The molecule has 0 fully saturated rings. The number of guanidine groups is 1. The highest BCUT2D eigenvalue weighted by Gasteiger charge is 2.32. The van der Waals surface area contributed by atoms with Gasteiger partial charge in [-0.25, -0.2) is 4.79 Å². The molecule has 5 atom stereocenters. The average molecular weight is 510 g/mol. The number of nitrogens with two attached hydrogens (primary N) is 3. The zero-order chi connectivity index (χ0) is 27.4. The fourth-order valence-corrected chi connectivity index (χ4v) is 3.06. The second-order valence-electron chi connectivity index (χ2n) is 8.30. The number of aliphatic imine (C=N–C) groups is 1.